The Hall–Kier alpha value is -0.240. The van der Waals surface area contributed by atoms with E-state index in [0.29, 0.717) is 0 Å². The molecule has 1 saturated heterocycles. The summed E-state index contributed by atoms with van der Waals surface area (Å²) in [4.78, 5) is 0. The maximum Gasteiger partial charge on any atom is 0.184 e. The summed E-state index contributed by atoms with van der Waals surface area (Å²) in [5, 5.41) is 45.9. The van der Waals surface area contributed by atoms with Crippen LogP contribution in [0.25, 0.3) is 0 Å². The first-order chi connectivity index (χ1) is 5.91. The molecular weight excluding hydrogens is 180 g/mol. The topological polar surface area (TPSA) is 110 Å². The van der Waals surface area contributed by atoms with Crippen LogP contribution in [0.4, 0.5) is 0 Å². The van der Waals surface area contributed by atoms with Crippen molar-refractivity contribution in [3.8, 4) is 0 Å². The Labute approximate surface area is 75.0 Å². The maximum absolute atomic E-state index is 9.53. The fraction of sp³-hybridized carbons (Fsp3) is 1.00. The van der Waals surface area contributed by atoms with E-state index < -0.39 is 36.8 Å². The molecule has 0 bridgehead atoms. The van der Waals surface area contributed by atoms with E-state index in [1.165, 1.54) is 0 Å². The van der Waals surface area contributed by atoms with Gasteiger partial charge in [-0.15, -0.1) is 0 Å². The smallest absolute Gasteiger partial charge is 0.184 e. The third kappa shape index (κ3) is 1.69. The minimum atomic E-state index is -1.88. The molecule has 0 aliphatic carbocycles. The first-order valence-corrected chi connectivity index (χ1v) is 3.94. The summed E-state index contributed by atoms with van der Waals surface area (Å²) in [6.07, 6.45) is -5.72. The van der Waals surface area contributed by atoms with E-state index in [4.69, 9.17) is 10.2 Å². The molecule has 5 atom stereocenters. The van der Waals surface area contributed by atoms with E-state index in [1.807, 2.05) is 0 Å². The highest BCUT2D eigenvalue weighted by Crippen LogP contribution is 2.28. The quantitative estimate of drug-likeness (QED) is 0.308. The van der Waals surface area contributed by atoms with Crippen molar-refractivity contribution in [2.75, 3.05) is 6.61 Å². The highest BCUT2D eigenvalue weighted by atomic mass is 16.6. The zero-order valence-electron chi connectivity index (χ0n) is 7.16. The van der Waals surface area contributed by atoms with Gasteiger partial charge in [-0.05, 0) is 6.92 Å². The van der Waals surface area contributed by atoms with Gasteiger partial charge in [0.05, 0.1) is 6.61 Å². The summed E-state index contributed by atoms with van der Waals surface area (Å²) >= 11 is 0. The van der Waals surface area contributed by atoms with Gasteiger partial charge in [-0.1, -0.05) is 0 Å². The number of rotatable bonds is 1. The van der Waals surface area contributed by atoms with Crippen LogP contribution < -0.4 is 0 Å². The molecule has 13 heavy (non-hydrogen) atoms. The number of ether oxygens (including phenoxy) is 1. The Kier molecular flexibility index (Phi) is 2.91. The Balaban J connectivity index is 2.82. The number of hydrogen-bond donors (Lipinski definition) is 5. The Morgan fingerprint density at radius 3 is 2.23 bits per heavy atom. The molecule has 0 saturated carbocycles. The minimum absolute atomic E-state index is 0.541. The van der Waals surface area contributed by atoms with Gasteiger partial charge < -0.3 is 30.3 Å². The summed E-state index contributed by atoms with van der Waals surface area (Å²) in [6.45, 7) is 0.623. The molecule has 1 fully saturated rings. The molecule has 0 aromatic heterocycles. The summed E-state index contributed by atoms with van der Waals surface area (Å²) in [6, 6.07) is 0. The monoisotopic (exact) mass is 194 g/mol. The lowest BCUT2D eigenvalue weighted by Crippen LogP contribution is -2.65. The third-order valence-electron chi connectivity index (χ3n) is 2.31. The van der Waals surface area contributed by atoms with Gasteiger partial charge in [0, 0.05) is 0 Å². The summed E-state index contributed by atoms with van der Waals surface area (Å²) in [7, 11) is 0. The van der Waals surface area contributed by atoms with Crippen molar-refractivity contribution in [1.29, 1.82) is 0 Å². The van der Waals surface area contributed by atoms with Crippen molar-refractivity contribution in [2.24, 2.45) is 0 Å². The third-order valence-corrected chi connectivity index (χ3v) is 2.31. The van der Waals surface area contributed by atoms with Crippen LogP contribution in [-0.4, -0.2) is 62.3 Å². The van der Waals surface area contributed by atoms with Gasteiger partial charge in [0.2, 0.25) is 0 Å². The molecule has 0 radical (unpaired) electrons. The van der Waals surface area contributed by atoms with Gasteiger partial charge in [-0.3, -0.25) is 0 Å². The highest BCUT2D eigenvalue weighted by Gasteiger charge is 2.51. The predicted molar refractivity (Wildman–Crippen MR) is 40.6 cm³/mol. The molecule has 6 heteroatoms. The molecule has 1 aliphatic heterocycles. The molecule has 1 rings (SSSR count). The van der Waals surface area contributed by atoms with Gasteiger partial charge in [0.25, 0.3) is 0 Å². The first-order valence-electron chi connectivity index (χ1n) is 3.94. The summed E-state index contributed by atoms with van der Waals surface area (Å²) in [5.74, 6) is 0. The van der Waals surface area contributed by atoms with Crippen LogP contribution in [0.2, 0.25) is 0 Å². The van der Waals surface area contributed by atoms with Gasteiger partial charge in [-0.25, -0.2) is 0 Å². The molecule has 1 heterocycles. The number of hydrogen-bond acceptors (Lipinski definition) is 6. The maximum atomic E-state index is 9.53. The molecule has 0 amide bonds. The van der Waals surface area contributed by atoms with Crippen molar-refractivity contribution >= 4 is 0 Å². The van der Waals surface area contributed by atoms with E-state index in [9.17, 15) is 15.3 Å². The van der Waals surface area contributed by atoms with Gasteiger partial charge >= 0.3 is 0 Å². The Morgan fingerprint density at radius 1 is 1.23 bits per heavy atom. The van der Waals surface area contributed by atoms with Crippen molar-refractivity contribution in [3.05, 3.63) is 0 Å². The molecule has 6 nitrogen and oxygen atoms in total. The fourth-order valence-corrected chi connectivity index (χ4v) is 1.31. The molecule has 0 aromatic rings. The molecule has 1 unspecified atom stereocenters. The molecular formula is C7H14O6. The second-order valence-electron chi connectivity index (χ2n) is 3.36. The lowest BCUT2D eigenvalue weighted by Gasteiger charge is -2.44. The molecule has 78 valence electrons. The van der Waals surface area contributed by atoms with Crippen LogP contribution in [0, 0.1) is 0 Å². The number of aliphatic hydroxyl groups is 5. The van der Waals surface area contributed by atoms with Crippen LogP contribution in [0.5, 0.6) is 0 Å². The van der Waals surface area contributed by atoms with Crippen molar-refractivity contribution < 1.29 is 30.3 Å². The van der Waals surface area contributed by atoms with Gasteiger partial charge in [-0.2, -0.15) is 0 Å². The van der Waals surface area contributed by atoms with E-state index in [1.54, 1.807) is 0 Å². The zero-order chi connectivity index (χ0) is 10.2. The average molecular weight is 194 g/mol. The normalized spacial score (nSPS) is 52.2. The van der Waals surface area contributed by atoms with E-state index in [0.717, 1.165) is 6.92 Å². The van der Waals surface area contributed by atoms with Crippen molar-refractivity contribution in [3.63, 3.8) is 0 Å². The minimum Gasteiger partial charge on any atom is -0.394 e. The SMILES string of the molecule is C[C@]1(O)[C@H](O)[C@@H](CO)OC(O)[C@@H]1O. The van der Waals surface area contributed by atoms with Crippen LogP contribution in [0.3, 0.4) is 0 Å². The van der Waals surface area contributed by atoms with Crippen LogP contribution in [0.15, 0.2) is 0 Å². The largest absolute Gasteiger partial charge is 0.394 e. The molecule has 5 N–H and O–H groups in total. The summed E-state index contributed by atoms with van der Waals surface area (Å²) in [5.41, 5.74) is -1.88. The predicted octanol–water partition coefficient (Wildman–Crippen LogP) is -2.83. The first kappa shape index (κ1) is 10.8. The second kappa shape index (κ2) is 3.49. The van der Waals surface area contributed by atoms with Gasteiger partial charge in [0.15, 0.2) is 6.29 Å². The lowest BCUT2D eigenvalue weighted by molar-refractivity contribution is -0.316. The van der Waals surface area contributed by atoms with Crippen molar-refractivity contribution in [1.82, 2.24) is 0 Å². The second-order valence-corrected chi connectivity index (χ2v) is 3.36. The Bertz CT molecular complexity index is 182. The highest BCUT2D eigenvalue weighted by molar-refractivity contribution is 4.98. The summed E-state index contributed by atoms with van der Waals surface area (Å²) < 4.78 is 4.64. The Morgan fingerprint density at radius 2 is 1.77 bits per heavy atom. The number of aliphatic hydroxyl groups excluding tert-OH is 4. The van der Waals surface area contributed by atoms with Gasteiger partial charge in [0.1, 0.15) is 23.9 Å². The lowest BCUT2D eigenvalue weighted by atomic mass is 9.86. The average Bonchev–Trinajstić information content (AvgIpc) is 2.09. The standard InChI is InChI=1S/C7H14O6/c1-7(12)4(9)3(2-8)13-6(11)5(7)10/h3-6,8-12H,2H2,1H3/t3-,4-,5+,6?,7+/m1/s1. The van der Waals surface area contributed by atoms with Crippen LogP contribution >= 0.6 is 0 Å². The zero-order valence-corrected chi connectivity index (χ0v) is 7.16. The molecule has 0 spiro atoms. The molecule has 0 aromatic carbocycles. The van der Waals surface area contributed by atoms with E-state index in [2.05, 4.69) is 4.74 Å². The van der Waals surface area contributed by atoms with Crippen molar-refractivity contribution in [2.45, 2.75) is 37.1 Å². The fourth-order valence-electron chi connectivity index (χ4n) is 1.31. The van der Waals surface area contributed by atoms with Crippen LogP contribution in [-0.2, 0) is 4.74 Å². The van der Waals surface area contributed by atoms with E-state index in [-0.39, 0.29) is 0 Å². The molecule has 1 aliphatic rings. The van der Waals surface area contributed by atoms with E-state index >= 15 is 0 Å². The van der Waals surface area contributed by atoms with Crippen LogP contribution in [0.1, 0.15) is 6.92 Å².